The lowest BCUT2D eigenvalue weighted by Crippen LogP contribution is -1.99. The van der Waals surface area contributed by atoms with E-state index < -0.39 is 0 Å². The van der Waals surface area contributed by atoms with Gasteiger partial charge in [0.1, 0.15) is 5.75 Å². The third-order valence-electron chi connectivity index (χ3n) is 2.83. The first kappa shape index (κ1) is 16.3. The number of rotatable bonds is 4. The lowest BCUT2D eigenvalue weighted by molar-refractivity contribution is 0.101. The quantitative estimate of drug-likeness (QED) is 0.376. The first-order chi connectivity index (χ1) is 9.92. The van der Waals surface area contributed by atoms with E-state index in [2.05, 4.69) is 45.2 Å². The van der Waals surface area contributed by atoms with Gasteiger partial charge in [-0.2, -0.15) is 0 Å². The van der Waals surface area contributed by atoms with E-state index in [-0.39, 0.29) is 5.78 Å². The summed E-state index contributed by atoms with van der Waals surface area (Å²) in [6.07, 6.45) is 0. The van der Waals surface area contributed by atoms with Crippen molar-refractivity contribution in [2.45, 2.75) is 6.92 Å². The lowest BCUT2D eigenvalue weighted by Gasteiger charge is -2.13. The molecule has 0 heterocycles. The lowest BCUT2D eigenvalue weighted by atomic mass is 10.1. The molecule has 0 aromatic heterocycles. The second-order valence-corrected chi connectivity index (χ2v) is 6.66. The normalized spacial score (nSPS) is 10.3. The summed E-state index contributed by atoms with van der Waals surface area (Å²) >= 11 is 4.30. The van der Waals surface area contributed by atoms with Crippen molar-refractivity contribution in [3.63, 3.8) is 0 Å². The largest absolute Gasteiger partial charge is 0.497 e. The zero-order valence-electron chi connectivity index (χ0n) is 11.4. The van der Waals surface area contributed by atoms with Gasteiger partial charge in [0.25, 0.3) is 0 Å². The van der Waals surface area contributed by atoms with Crippen LogP contribution in [0.4, 0.5) is 5.69 Å². The molecule has 0 aliphatic carbocycles. The van der Waals surface area contributed by atoms with E-state index >= 15 is 0 Å². The van der Waals surface area contributed by atoms with Gasteiger partial charge in [-0.3, -0.25) is 4.79 Å². The topological polar surface area (TPSA) is 61.5 Å². The highest BCUT2D eigenvalue weighted by molar-refractivity contribution is 14.1. The van der Waals surface area contributed by atoms with Gasteiger partial charge < -0.3 is 15.2 Å². The third kappa shape index (κ3) is 3.79. The minimum Gasteiger partial charge on any atom is -0.497 e. The van der Waals surface area contributed by atoms with Crippen LogP contribution in [-0.2, 0) is 0 Å². The first-order valence-electron chi connectivity index (χ1n) is 6.03. The molecule has 0 spiro atoms. The number of nitrogen functional groups attached to an aromatic ring is 1. The van der Waals surface area contributed by atoms with Crippen molar-refractivity contribution >= 4 is 56.7 Å². The van der Waals surface area contributed by atoms with E-state index in [4.69, 9.17) is 15.2 Å². The first-order valence-corrected chi connectivity index (χ1v) is 8.19. The maximum atomic E-state index is 11.5. The molecule has 0 aliphatic rings. The van der Waals surface area contributed by atoms with E-state index in [1.165, 1.54) is 0 Å². The molecular formula is C15H13I2NO3. The van der Waals surface area contributed by atoms with Crippen LogP contribution in [0.5, 0.6) is 17.2 Å². The summed E-state index contributed by atoms with van der Waals surface area (Å²) in [5.74, 6) is 1.96. The van der Waals surface area contributed by atoms with Crippen LogP contribution < -0.4 is 15.2 Å². The van der Waals surface area contributed by atoms with Gasteiger partial charge in [-0.1, -0.05) is 0 Å². The molecule has 4 nitrogen and oxygen atoms in total. The van der Waals surface area contributed by atoms with Crippen LogP contribution in [0.3, 0.4) is 0 Å². The number of ether oxygens (including phenoxy) is 2. The van der Waals surface area contributed by atoms with Crippen molar-refractivity contribution in [1.82, 2.24) is 0 Å². The van der Waals surface area contributed by atoms with Gasteiger partial charge in [0.15, 0.2) is 17.3 Å². The molecule has 6 heteroatoms. The summed E-state index contributed by atoms with van der Waals surface area (Å²) in [6, 6.07) is 8.87. The number of hydrogen-bond acceptors (Lipinski definition) is 4. The van der Waals surface area contributed by atoms with Gasteiger partial charge in [-0.05, 0) is 76.4 Å². The van der Waals surface area contributed by atoms with Crippen LogP contribution in [0.25, 0.3) is 0 Å². The fraction of sp³-hybridized carbons (Fsp3) is 0.133. The number of Topliss-reactive ketones (excluding diaryl/α,β-unsaturated/α-hetero) is 1. The van der Waals surface area contributed by atoms with E-state index in [9.17, 15) is 4.79 Å². The monoisotopic (exact) mass is 509 g/mol. The van der Waals surface area contributed by atoms with E-state index in [0.29, 0.717) is 28.5 Å². The predicted octanol–water partition coefficient (Wildman–Crippen LogP) is 4.48. The summed E-state index contributed by atoms with van der Waals surface area (Å²) in [5, 5.41) is 0. The van der Waals surface area contributed by atoms with Crippen LogP contribution in [0.2, 0.25) is 0 Å². The Morgan fingerprint density at radius 2 is 1.76 bits per heavy atom. The van der Waals surface area contributed by atoms with Gasteiger partial charge in [0.05, 0.1) is 19.9 Å². The van der Waals surface area contributed by atoms with Gasteiger partial charge in [0.2, 0.25) is 0 Å². The van der Waals surface area contributed by atoms with Crippen LogP contribution in [0.1, 0.15) is 17.3 Å². The summed E-state index contributed by atoms with van der Waals surface area (Å²) < 4.78 is 12.7. The molecule has 2 aromatic rings. The Morgan fingerprint density at radius 1 is 1.14 bits per heavy atom. The fourth-order valence-corrected chi connectivity index (χ4v) is 3.71. The average Bonchev–Trinajstić information content (AvgIpc) is 2.43. The smallest absolute Gasteiger partial charge is 0.159 e. The third-order valence-corrected chi connectivity index (χ3v) is 4.44. The summed E-state index contributed by atoms with van der Waals surface area (Å²) in [4.78, 5) is 11.5. The van der Waals surface area contributed by atoms with Gasteiger partial charge in [0, 0.05) is 11.6 Å². The highest BCUT2D eigenvalue weighted by Crippen LogP contribution is 2.36. The Hall–Kier alpha value is -1.03. The number of benzene rings is 2. The number of carbonyl (C=O) groups excluding carboxylic acids is 1. The van der Waals surface area contributed by atoms with Crippen LogP contribution in [0.15, 0.2) is 30.3 Å². The Balaban J connectivity index is 2.38. The van der Waals surface area contributed by atoms with Gasteiger partial charge in [-0.15, -0.1) is 0 Å². The summed E-state index contributed by atoms with van der Waals surface area (Å²) in [7, 11) is 1.58. The Bertz CT molecular complexity index is 678. The van der Waals surface area contributed by atoms with Crippen molar-refractivity contribution in [2.24, 2.45) is 0 Å². The molecule has 2 aromatic carbocycles. The molecule has 110 valence electrons. The molecule has 2 rings (SSSR count). The number of anilines is 1. The molecule has 0 saturated carbocycles. The zero-order chi connectivity index (χ0) is 15.6. The number of hydrogen-bond donors (Lipinski definition) is 1. The number of nitrogens with two attached hydrogens (primary N) is 1. The van der Waals surface area contributed by atoms with Crippen molar-refractivity contribution in [3.8, 4) is 17.2 Å². The molecule has 0 atom stereocenters. The molecular weight excluding hydrogens is 496 g/mol. The van der Waals surface area contributed by atoms with Crippen LogP contribution in [0, 0.1) is 7.14 Å². The fourth-order valence-electron chi connectivity index (χ4n) is 1.72. The molecule has 0 unspecified atom stereocenters. The predicted molar refractivity (Wildman–Crippen MR) is 99.4 cm³/mol. The molecule has 21 heavy (non-hydrogen) atoms. The van der Waals surface area contributed by atoms with Gasteiger partial charge >= 0.3 is 0 Å². The van der Waals surface area contributed by atoms with E-state index in [0.717, 1.165) is 7.14 Å². The standard InChI is InChI=1S/C15H13I2NO3/c1-8(19)9-5-11(16)15(12(17)6-9)21-14-4-3-10(20-2)7-13(14)18/h3-7H,18H2,1-2H3. The maximum absolute atomic E-state index is 11.5. The van der Waals surface area contributed by atoms with Crippen molar-refractivity contribution < 1.29 is 14.3 Å². The number of carbonyl (C=O) groups is 1. The van der Waals surface area contributed by atoms with E-state index in [1.54, 1.807) is 44.4 Å². The molecule has 0 bridgehead atoms. The maximum Gasteiger partial charge on any atom is 0.159 e. The van der Waals surface area contributed by atoms with Gasteiger partial charge in [-0.25, -0.2) is 0 Å². The average molecular weight is 509 g/mol. The SMILES string of the molecule is COc1ccc(Oc2c(I)cc(C(C)=O)cc2I)c(N)c1. The van der Waals surface area contributed by atoms with Crippen molar-refractivity contribution in [2.75, 3.05) is 12.8 Å². The summed E-state index contributed by atoms with van der Waals surface area (Å²) in [5.41, 5.74) is 7.12. The molecule has 0 fully saturated rings. The molecule has 0 aliphatic heterocycles. The molecule has 0 amide bonds. The zero-order valence-corrected chi connectivity index (χ0v) is 15.8. The highest BCUT2D eigenvalue weighted by Gasteiger charge is 2.13. The number of halogens is 2. The molecule has 0 radical (unpaired) electrons. The number of methoxy groups -OCH3 is 1. The van der Waals surface area contributed by atoms with Crippen LogP contribution >= 0.6 is 45.2 Å². The minimum absolute atomic E-state index is 0.0290. The van der Waals surface area contributed by atoms with E-state index in [1.807, 2.05) is 0 Å². The van der Waals surface area contributed by atoms with Crippen LogP contribution in [-0.4, -0.2) is 12.9 Å². The second kappa shape index (κ2) is 6.82. The Kier molecular flexibility index (Phi) is 5.31. The second-order valence-electron chi connectivity index (χ2n) is 4.33. The summed E-state index contributed by atoms with van der Waals surface area (Å²) in [6.45, 7) is 1.55. The number of ketones is 1. The highest BCUT2D eigenvalue weighted by atomic mass is 127. The molecule has 0 saturated heterocycles. The molecule has 2 N–H and O–H groups in total. The Labute approximate surface area is 150 Å². The minimum atomic E-state index is 0.0290. The van der Waals surface area contributed by atoms with Crippen molar-refractivity contribution in [1.29, 1.82) is 0 Å². The Morgan fingerprint density at radius 3 is 2.24 bits per heavy atom. The van der Waals surface area contributed by atoms with Crippen molar-refractivity contribution in [3.05, 3.63) is 43.0 Å².